The third-order valence-corrected chi connectivity index (χ3v) is 0.700. The number of rotatable bonds is 3. The van der Waals surface area contributed by atoms with Crippen molar-refractivity contribution in [2.45, 2.75) is 0 Å². The molecule has 2 N–H and O–H groups in total. The molecule has 0 aliphatic heterocycles. The number of carbonyl (C=O) groups excluding carboxylic acids is 1. The molecule has 0 aromatic heterocycles. The summed E-state index contributed by atoms with van der Waals surface area (Å²) in [6.45, 7) is 3.01. The average Bonchev–Trinajstić information content (AvgIpc) is 2.04. The van der Waals surface area contributed by atoms with Gasteiger partial charge >= 0.3 is 5.97 Å². The molecule has 0 rings (SSSR count). The summed E-state index contributed by atoms with van der Waals surface area (Å²) in [6.07, 6.45) is 1.22. The molecule has 0 saturated heterocycles. The molecule has 0 aliphatic rings. The number of methoxy groups -OCH3 is 1. The molecular weight excluding hydrogens is 162 g/mol. The number of carboxylic acid groups (broad SMARTS) is 1. The van der Waals surface area contributed by atoms with Gasteiger partial charge in [-0.1, -0.05) is 6.58 Å². The minimum atomic E-state index is -0.933. The second-order valence-corrected chi connectivity index (χ2v) is 1.65. The second kappa shape index (κ2) is 9.64. The standard InChI is InChI=1S/C4H7NO.C3H6O3/c1-3-4(6)5-2;1-6-2-3(4)5/h3H,1H2,2H3,(H,5,6);2H2,1H3,(H,4,5). The maximum absolute atomic E-state index is 9.95. The van der Waals surface area contributed by atoms with Gasteiger partial charge in [0.15, 0.2) is 0 Å². The molecule has 70 valence electrons. The smallest absolute Gasteiger partial charge is 0.329 e. The van der Waals surface area contributed by atoms with Crippen LogP contribution in [0, 0.1) is 0 Å². The van der Waals surface area contributed by atoms with E-state index in [4.69, 9.17) is 5.11 Å². The Hall–Kier alpha value is -1.36. The van der Waals surface area contributed by atoms with E-state index in [0.29, 0.717) is 0 Å². The zero-order chi connectivity index (χ0) is 9.98. The van der Waals surface area contributed by atoms with Crippen molar-refractivity contribution in [1.82, 2.24) is 5.32 Å². The first kappa shape index (κ1) is 13.2. The second-order valence-electron chi connectivity index (χ2n) is 1.65. The van der Waals surface area contributed by atoms with Crippen LogP contribution in [0.1, 0.15) is 0 Å². The highest BCUT2D eigenvalue weighted by molar-refractivity contribution is 5.86. The van der Waals surface area contributed by atoms with E-state index in [9.17, 15) is 9.59 Å². The number of aliphatic carboxylic acids is 1. The van der Waals surface area contributed by atoms with Gasteiger partial charge in [-0.15, -0.1) is 0 Å². The summed E-state index contributed by atoms with van der Waals surface area (Å²) in [5, 5.41) is 10.1. The summed E-state index contributed by atoms with van der Waals surface area (Å²) >= 11 is 0. The Morgan fingerprint density at radius 1 is 1.67 bits per heavy atom. The SMILES string of the molecule is C=CC(=O)NC.COCC(=O)O. The molecule has 0 heterocycles. The van der Waals surface area contributed by atoms with Crippen molar-refractivity contribution in [1.29, 1.82) is 0 Å². The van der Waals surface area contributed by atoms with Crippen molar-refractivity contribution in [2.24, 2.45) is 0 Å². The highest BCUT2D eigenvalue weighted by Gasteiger charge is 1.87. The lowest BCUT2D eigenvalue weighted by molar-refractivity contribution is -0.141. The van der Waals surface area contributed by atoms with Crippen LogP contribution in [0.15, 0.2) is 12.7 Å². The summed E-state index contributed by atoms with van der Waals surface area (Å²) in [4.78, 5) is 19.4. The fourth-order valence-corrected chi connectivity index (χ4v) is 0.226. The molecule has 12 heavy (non-hydrogen) atoms. The summed E-state index contributed by atoms with van der Waals surface area (Å²) in [5.41, 5.74) is 0. The number of likely N-dealkylation sites (N-methyl/N-ethyl adjacent to an activating group) is 1. The third kappa shape index (κ3) is 15.9. The van der Waals surface area contributed by atoms with Gasteiger partial charge < -0.3 is 15.2 Å². The predicted molar refractivity (Wildman–Crippen MR) is 43.8 cm³/mol. The lowest BCUT2D eigenvalue weighted by atomic mass is 10.6. The Morgan fingerprint density at radius 2 is 2.17 bits per heavy atom. The molecule has 0 atom stereocenters. The molecule has 0 aliphatic carbocycles. The Labute approximate surface area is 71.0 Å². The Balaban J connectivity index is 0. The van der Waals surface area contributed by atoms with Crippen LogP contribution in [0.5, 0.6) is 0 Å². The minimum Gasteiger partial charge on any atom is -0.480 e. The summed E-state index contributed by atoms with van der Waals surface area (Å²) in [7, 11) is 2.90. The van der Waals surface area contributed by atoms with Crippen LogP contribution in [0.2, 0.25) is 0 Å². The van der Waals surface area contributed by atoms with Gasteiger partial charge in [0.2, 0.25) is 5.91 Å². The highest BCUT2D eigenvalue weighted by atomic mass is 16.5. The monoisotopic (exact) mass is 175 g/mol. The number of hydrogen-bond acceptors (Lipinski definition) is 3. The molecular formula is C7H13NO4. The maximum Gasteiger partial charge on any atom is 0.329 e. The quantitative estimate of drug-likeness (QED) is 0.574. The zero-order valence-corrected chi connectivity index (χ0v) is 7.16. The van der Waals surface area contributed by atoms with Crippen LogP contribution in [0.4, 0.5) is 0 Å². The number of hydrogen-bond donors (Lipinski definition) is 2. The zero-order valence-electron chi connectivity index (χ0n) is 7.16. The topological polar surface area (TPSA) is 75.6 Å². The van der Waals surface area contributed by atoms with Gasteiger partial charge in [0, 0.05) is 14.2 Å². The van der Waals surface area contributed by atoms with Crippen LogP contribution in [-0.2, 0) is 14.3 Å². The molecule has 0 fully saturated rings. The van der Waals surface area contributed by atoms with Crippen LogP contribution in [0.25, 0.3) is 0 Å². The van der Waals surface area contributed by atoms with Crippen molar-refractivity contribution in [3.63, 3.8) is 0 Å². The molecule has 0 aromatic rings. The number of ether oxygens (including phenoxy) is 1. The average molecular weight is 175 g/mol. The molecule has 0 radical (unpaired) electrons. The van der Waals surface area contributed by atoms with Gasteiger partial charge in [-0.3, -0.25) is 4.79 Å². The third-order valence-electron chi connectivity index (χ3n) is 0.700. The molecule has 1 amide bonds. The van der Waals surface area contributed by atoms with Gasteiger partial charge in [-0.05, 0) is 6.08 Å². The first-order valence-electron chi connectivity index (χ1n) is 3.13. The Kier molecular flexibility index (Phi) is 10.6. The van der Waals surface area contributed by atoms with Crippen molar-refractivity contribution in [2.75, 3.05) is 20.8 Å². The van der Waals surface area contributed by atoms with Gasteiger partial charge in [-0.2, -0.15) is 0 Å². The van der Waals surface area contributed by atoms with Gasteiger partial charge in [0.25, 0.3) is 0 Å². The van der Waals surface area contributed by atoms with Crippen LogP contribution >= 0.6 is 0 Å². The molecule has 0 bridgehead atoms. The Bertz CT molecular complexity index is 155. The number of amides is 1. The molecule has 0 saturated carbocycles. The lowest BCUT2D eigenvalue weighted by Gasteiger charge is -1.83. The van der Waals surface area contributed by atoms with E-state index in [1.54, 1.807) is 7.05 Å². The van der Waals surface area contributed by atoms with Gasteiger partial charge in [0.05, 0.1) is 0 Å². The first-order valence-corrected chi connectivity index (χ1v) is 3.13. The first-order chi connectivity index (χ1) is 5.58. The molecule has 0 spiro atoms. The van der Waals surface area contributed by atoms with Crippen LogP contribution < -0.4 is 5.32 Å². The fraction of sp³-hybridized carbons (Fsp3) is 0.429. The van der Waals surface area contributed by atoms with E-state index < -0.39 is 5.97 Å². The highest BCUT2D eigenvalue weighted by Crippen LogP contribution is 1.61. The van der Waals surface area contributed by atoms with Crippen LogP contribution in [0.3, 0.4) is 0 Å². The molecule has 5 heteroatoms. The van der Waals surface area contributed by atoms with Gasteiger partial charge in [-0.25, -0.2) is 4.79 Å². The van der Waals surface area contributed by atoms with Crippen molar-refractivity contribution >= 4 is 11.9 Å². The van der Waals surface area contributed by atoms with Crippen molar-refractivity contribution in [3.8, 4) is 0 Å². The summed E-state index contributed by atoms with van der Waals surface area (Å²) in [5.74, 6) is -1.08. The fourth-order valence-electron chi connectivity index (χ4n) is 0.226. The van der Waals surface area contributed by atoms with Gasteiger partial charge in [0.1, 0.15) is 6.61 Å². The van der Waals surface area contributed by atoms with E-state index in [0.717, 1.165) is 0 Å². The van der Waals surface area contributed by atoms with E-state index >= 15 is 0 Å². The Morgan fingerprint density at radius 3 is 2.17 bits per heavy atom. The summed E-state index contributed by atoms with van der Waals surface area (Å²) in [6, 6.07) is 0. The number of carboxylic acids is 1. The van der Waals surface area contributed by atoms with Crippen LogP contribution in [-0.4, -0.2) is 37.7 Å². The molecule has 0 unspecified atom stereocenters. The van der Waals surface area contributed by atoms with E-state index in [1.807, 2.05) is 0 Å². The van der Waals surface area contributed by atoms with E-state index in [-0.39, 0.29) is 12.5 Å². The van der Waals surface area contributed by atoms with Crippen molar-refractivity contribution in [3.05, 3.63) is 12.7 Å². The normalized spacial score (nSPS) is 7.50. The largest absolute Gasteiger partial charge is 0.480 e. The maximum atomic E-state index is 9.95. The predicted octanol–water partition coefficient (Wildman–Crippen LogP) is -0.364. The summed E-state index contributed by atoms with van der Waals surface area (Å²) < 4.78 is 4.20. The van der Waals surface area contributed by atoms with Crippen molar-refractivity contribution < 1.29 is 19.4 Å². The molecule has 5 nitrogen and oxygen atoms in total. The molecule has 0 aromatic carbocycles. The van der Waals surface area contributed by atoms with E-state index in [1.165, 1.54) is 13.2 Å². The number of carbonyl (C=O) groups is 2. The lowest BCUT2D eigenvalue weighted by Crippen LogP contribution is -2.13. The van der Waals surface area contributed by atoms with E-state index in [2.05, 4.69) is 16.6 Å². The minimum absolute atomic E-state index is 0.144. The number of nitrogens with one attached hydrogen (secondary N) is 1.